The standard InChI is InChI=1S/C25H38N2O3/c1-6-30-24(29)22-19(25(3,4)5)20(26)21(18-15-11-10-12-16(18)2)27(22)23(28)17-13-8-7-9-14-17/h10-12,15,17,19-22H,6-9,13-14,26H2,1-5H3/t19-,20-,21-,22-/m0/s1. The Balaban J connectivity index is 2.13. The molecule has 0 aromatic heterocycles. The molecule has 5 heteroatoms. The van der Waals surface area contributed by atoms with E-state index >= 15 is 0 Å². The number of nitrogens with zero attached hydrogens (tertiary/aromatic N) is 1. The number of carbonyl (C=O) groups excluding carboxylic acids is 2. The van der Waals surface area contributed by atoms with Crippen molar-refractivity contribution in [2.24, 2.45) is 23.0 Å². The first-order valence-corrected chi connectivity index (χ1v) is 11.5. The number of hydrogen-bond acceptors (Lipinski definition) is 4. The minimum Gasteiger partial charge on any atom is -0.464 e. The molecule has 5 nitrogen and oxygen atoms in total. The van der Waals surface area contributed by atoms with Gasteiger partial charge in [0.15, 0.2) is 0 Å². The van der Waals surface area contributed by atoms with Crippen molar-refractivity contribution >= 4 is 11.9 Å². The van der Waals surface area contributed by atoms with E-state index < -0.39 is 6.04 Å². The van der Waals surface area contributed by atoms with Crippen molar-refractivity contribution in [2.75, 3.05) is 6.61 Å². The number of rotatable bonds is 4. The third-order valence-electron chi connectivity index (χ3n) is 6.96. The van der Waals surface area contributed by atoms with Gasteiger partial charge in [0.1, 0.15) is 6.04 Å². The maximum absolute atomic E-state index is 13.9. The highest BCUT2D eigenvalue weighted by Crippen LogP contribution is 2.49. The summed E-state index contributed by atoms with van der Waals surface area (Å²) in [5.41, 5.74) is 8.77. The maximum atomic E-state index is 13.9. The zero-order valence-electron chi connectivity index (χ0n) is 19.2. The van der Waals surface area contributed by atoms with E-state index in [9.17, 15) is 9.59 Å². The summed E-state index contributed by atoms with van der Waals surface area (Å²) in [7, 11) is 0. The monoisotopic (exact) mass is 414 g/mol. The third-order valence-corrected chi connectivity index (χ3v) is 6.96. The van der Waals surface area contributed by atoms with E-state index in [1.165, 1.54) is 6.42 Å². The molecule has 1 aliphatic carbocycles. The van der Waals surface area contributed by atoms with Crippen LogP contribution in [-0.4, -0.2) is 35.5 Å². The average molecular weight is 415 g/mol. The number of esters is 1. The minimum atomic E-state index is -0.654. The molecule has 1 saturated carbocycles. The SMILES string of the molecule is CCOC(=O)[C@@H]1[C@@H](C(C)(C)C)[C@H](N)[C@H](c2ccccc2C)N1C(=O)C1CCCCC1. The second kappa shape index (κ2) is 9.09. The van der Waals surface area contributed by atoms with Crippen LogP contribution < -0.4 is 5.73 Å². The van der Waals surface area contributed by atoms with Gasteiger partial charge in [-0.3, -0.25) is 4.79 Å². The highest BCUT2D eigenvalue weighted by atomic mass is 16.5. The molecule has 30 heavy (non-hydrogen) atoms. The highest BCUT2D eigenvalue weighted by molar-refractivity contribution is 5.88. The van der Waals surface area contributed by atoms with Crippen molar-refractivity contribution in [3.05, 3.63) is 35.4 Å². The fourth-order valence-corrected chi connectivity index (χ4v) is 5.59. The molecule has 1 heterocycles. The van der Waals surface area contributed by atoms with Gasteiger partial charge in [0.2, 0.25) is 5.91 Å². The molecule has 0 spiro atoms. The lowest BCUT2D eigenvalue weighted by atomic mass is 9.73. The summed E-state index contributed by atoms with van der Waals surface area (Å²) in [6.45, 7) is 10.5. The molecule has 0 radical (unpaired) electrons. The normalized spacial score (nSPS) is 27.9. The summed E-state index contributed by atoms with van der Waals surface area (Å²) in [5, 5.41) is 0. The Morgan fingerprint density at radius 1 is 1.13 bits per heavy atom. The zero-order chi connectivity index (χ0) is 22.1. The third kappa shape index (κ3) is 4.27. The Bertz CT molecular complexity index is 764. The summed E-state index contributed by atoms with van der Waals surface area (Å²) in [6, 6.07) is 6.77. The van der Waals surface area contributed by atoms with Crippen molar-refractivity contribution in [3.63, 3.8) is 0 Å². The van der Waals surface area contributed by atoms with Crippen LogP contribution in [0.4, 0.5) is 0 Å². The molecule has 1 amide bonds. The van der Waals surface area contributed by atoms with E-state index in [0.717, 1.165) is 36.8 Å². The molecule has 2 aliphatic rings. The van der Waals surface area contributed by atoms with Gasteiger partial charge in [-0.25, -0.2) is 4.79 Å². The summed E-state index contributed by atoms with van der Waals surface area (Å²) in [4.78, 5) is 29.0. The lowest BCUT2D eigenvalue weighted by molar-refractivity contribution is -0.158. The molecular weight excluding hydrogens is 376 g/mol. The number of nitrogens with two attached hydrogens (primary N) is 1. The van der Waals surface area contributed by atoms with E-state index in [4.69, 9.17) is 10.5 Å². The number of likely N-dealkylation sites (tertiary alicyclic amines) is 1. The molecule has 2 N–H and O–H groups in total. The van der Waals surface area contributed by atoms with E-state index in [-0.39, 0.29) is 41.2 Å². The van der Waals surface area contributed by atoms with Gasteiger partial charge >= 0.3 is 5.97 Å². The van der Waals surface area contributed by atoms with Crippen LogP contribution in [0.25, 0.3) is 0 Å². The zero-order valence-corrected chi connectivity index (χ0v) is 19.2. The first-order valence-electron chi connectivity index (χ1n) is 11.5. The number of benzene rings is 1. The predicted octanol–water partition coefficient (Wildman–Crippen LogP) is 4.38. The van der Waals surface area contributed by atoms with Crippen LogP contribution in [0.2, 0.25) is 0 Å². The topological polar surface area (TPSA) is 72.6 Å². The van der Waals surface area contributed by atoms with Gasteiger partial charge in [0, 0.05) is 17.9 Å². The largest absolute Gasteiger partial charge is 0.464 e. The average Bonchev–Trinajstić information content (AvgIpc) is 3.02. The van der Waals surface area contributed by atoms with Gasteiger partial charge in [0.25, 0.3) is 0 Å². The molecule has 0 unspecified atom stereocenters. The van der Waals surface area contributed by atoms with Crippen LogP contribution in [0.3, 0.4) is 0 Å². The number of carbonyl (C=O) groups is 2. The molecule has 3 rings (SSSR count). The molecule has 1 aliphatic heterocycles. The summed E-state index contributed by atoms with van der Waals surface area (Å²) in [5.74, 6) is -0.474. The van der Waals surface area contributed by atoms with Crippen molar-refractivity contribution < 1.29 is 14.3 Å². The van der Waals surface area contributed by atoms with Gasteiger partial charge < -0.3 is 15.4 Å². The van der Waals surface area contributed by atoms with Crippen molar-refractivity contribution in [1.82, 2.24) is 4.90 Å². The van der Waals surface area contributed by atoms with E-state index in [2.05, 4.69) is 33.8 Å². The van der Waals surface area contributed by atoms with Crippen LogP contribution >= 0.6 is 0 Å². The fourth-order valence-electron chi connectivity index (χ4n) is 5.59. The van der Waals surface area contributed by atoms with E-state index in [1.807, 2.05) is 30.0 Å². The van der Waals surface area contributed by atoms with Gasteiger partial charge in [-0.1, -0.05) is 64.3 Å². The maximum Gasteiger partial charge on any atom is 0.329 e. The number of amides is 1. The molecule has 0 bridgehead atoms. The van der Waals surface area contributed by atoms with Gasteiger partial charge in [-0.2, -0.15) is 0 Å². The molecule has 1 aromatic carbocycles. The minimum absolute atomic E-state index is 0.0342. The molecule has 1 saturated heterocycles. The molecule has 4 atom stereocenters. The molecular formula is C25H38N2O3. The van der Waals surface area contributed by atoms with Crippen LogP contribution in [0, 0.1) is 24.2 Å². The molecule has 1 aromatic rings. The Hall–Kier alpha value is -1.88. The first-order chi connectivity index (χ1) is 14.2. The van der Waals surface area contributed by atoms with Gasteiger partial charge in [-0.15, -0.1) is 0 Å². The smallest absolute Gasteiger partial charge is 0.329 e. The van der Waals surface area contributed by atoms with Crippen LogP contribution in [0.1, 0.15) is 77.0 Å². The van der Waals surface area contributed by atoms with Crippen molar-refractivity contribution in [2.45, 2.75) is 84.8 Å². The van der Waals surface area contributed by atoms with Crippen molar-refractivity contribution in [1.29, 1.82) is 0 Å². The molecule has 2 fully saturated rings. The first kappa shape index (κ1) is 22.8. The number of aryl methyl sites for hydroxylation is 1. The van der Waals surface area contributed by atoms with Crippen LogP contribution in [0.5, 0.6) is 0 Å². The van der Waals surface area contributed by atoms with Gasteiger partial charge in [0.05, 0.1) is 12.6 Å². The summed E-state index contributed by atoms with van der Waals surface area (Å²) < 4.78 is 5.49. The van der Waals surface area contributed by atoms with E-state index in [1.54, 1.807) is 0 Å². The fraction of sp³-hybridized carbons (Fsp3) is 0.680. The van der Waals surface area contributed by atoms with Crippen LogP contribution in [-0.2, 0) is 14.3 Å². The summed E-state index contributed by atoms with van der Waals surface area (Å²) >= 11 is 0. The Kier molecular flexibility index (Phi) is 6.91. The second-order valence-corrected chi connectivity index (χ2v) is 10.0. The highest BCUT2D eigenvalue weighted by Gasteiger charge is 2.58. The lowest BCUT2D eigenvalue weighted by Gasteiger charge is -2.36. The summed E-state index contributed by atoms with van der Waals surface area (Å²) in [6.07, 6.45) is 5.09. The van der Waals surface area contributed by atoms with E-state index in [0.29, 0.717) is 6.61 Å². The Labute approximate surface area is 181 Å². The number of hydrogen-bond donors (Lipinski definition) is 1. The van der Waals surface area contributed by atoms with Gasteiger partial charge in [-0.05, 0) is 43.2 Å². The number of ether oxygens (including phenoxy) is 1. The van der Waals surface area contributed by atoms with Crippen molar-refractivity contribution in [3.8, 4) is 0 Å². The Morgan fingerprint density at radius 2 is 1.77 bits per heavy atom. The quantitative estimate of drug-likeness (QED) is 0.742. The predicted molar refractivity (Wildman–Crippen MR) is 119 cm³/mol. The molecule has 166 valence electrons. The lowest BCUT2D eigenvalue weighted by Crippen LogP contribution is -2.50. The second-order valence-electron chi connectivity index (χ2n) is 10.0. The Morgan fingerprint density at radius 3 is 2.33 bits per heavy atom. The van der Waals surface area contributed by atoms with Crippen LogP contribution in [0.15, 0.2) is 24.3 Å².